The van der Waals surface area contributed by atoms with E-state index < -0.39 is 0 Å². The summed E-state index contributed by atoms with van der Waals surface area (Å²) in [4.78, 5) is 14.5. The maximum atomic E-state index is 12.6. The van der Waals surface area contributed by atoms with Gasteiger partial charge in [0.1, 0.15) is 0 Å². The molecule has 1 aromatic rings. The molecule has 0 aliphatic rings. The number of halogens is 1. The van der Waals surface area contributed by atoms with E-state index in [0.29, 0.717) is 29.4 Å². The third kappa shape index (κ3) is 4.12. The molecule has 0 aliphatic heterocycles. The lowest BCUT2D eigenvalue weighted by molar-refractivity contribution is 0.0589. The molecule has 1 aromatic carbocycles. The zero-order valence-corrected chi connectivity index (χ0v) is 13.1. The molecule has 112 valence electrons. The Morgan fingerprint density at radius 3 is 2.55 bits per heavy atom. The Balaban J connectivity index is 2.99. The van der Waals surface area contributed by atoms with Crippen molar-refractivity contribution < 1.29 is 9.53 Å². The molecule has 5 heteroatoms. The summed E-state index contributed by atoms with van der Waals surface area (Å²) in [5.74, 6) is -0.0286. The van der Waals surface area contributed by atoms with E-state index in [4.69, 9.17) is 22.1 Å². The van der Waals surface area contributed by atoms with Gasteiger partial charge in [-0.1, -0.05) is 25.4 Å². The first-order chi connectivity index (χ1) is 9.54. The maximum absolute atomic E-state index is 12.6. The van der Waals surface area contributed by atoms with Crippen LogP contribution in [0.1, 0.15) is 37.0 Å². The van der Waals surface area contributed by atoms with Crippen molar-refractivity contribution in [2.45, 2.75) is 32.7 Å². The van der Waals surface area contributed by atoms with Gasteiger partial charge in [0.15, 0.2) is 0 Å². The summed E-state index contributed by atoms with van der Waals surface area (Å²) in [6.07, 6.45) is 1.82. The number of anilines is 1. The van der Waals surface area contributed by atoms with Crippen LogP contribution in [0.15, 0.2) is 18.2 Å². The number of ether oxygens (including phenoxy) is 1. The molecule has 0 saturated carbocycles. The van der Waals surface area contributed by atoms with Crippen molar-refractivity contribution in [3.8, 4) is 0 Å². The lowest BCUT2D eigenvalue weighted by Gasteiger charge is -2.30. The molecular formula is C15H23ClN2O2. The molecule has 0 spiro atoms. The van der Waals surface area contributed by atoms with Gasteiger partial charge in [-0.3, -0.25) is 4.79 Å². The molecule has 1 amide bonds. The summed E-state index contributed by atoms with van der Waals surface area (Å²) in [5, 5.41) is 0.465. The normalized spacial score (nSPS) is 10.8. The number of nitrogens with two attached hydrogens (primary N) is 1. The Morgan fingerprint density at radius 2 is 2.05 bits per heavy atom. The van der Waals surface area contributed by atoms with Crippen LogP contribution in [-0.2, 0) is 4.74 Å². The fraction of sp³-hybridized carbons (Fsp3) is 0.533. The Bertz CT molecular complexity index is 447. The largest absolute Gasteiger partial charge is 0.398 e. The molecule has 0 saturated heterocycles. The highest BCUT2D eigenvalue weighted by Gasteiger charge is 2.22. The van der Waals surface area contributed by atoms with Gasteiger partial charge >= 0.3 is 0 Å². The topological polar surface area (TPSA) is 55.6 Å². The van der Waals surface area contributed by atoms with Crippen molar-refractivity contribution in [2.75, 3.05) is 26.0 Å². The Kier molecular flexibility index (Phi) is 6.82. The first-order valence-corrected chi connectivity index (χ1v) is 7.27. The molecule has 20 heavy (non-hydrogen) atoms. The zero-order valence-electron chi connectivity index (χ0n) is 12.4. The maximum Gasteiger partial charge on any atom is 0.254 e. The average molecular weight is 299 g/mol. The highest BCUT2D eigenvalue weighted by atomic mass is 35.5. The van der Waals surface area contributed by atoms with Crippen molar-refractivity contribution in [2.24, 2.45) is 0 Å². The van der Waals surface area contributed by atoms with E-state index in [0.717, 1.165) is 12.8 Å². The number of nitrogens with zero attached hydrogens (tertiary/aromatic N) is 1. The van der Waals surface area contributed by atoms with E-state index in [9.17, 15) is 4.79 Å². The van der Waals surface area contributed by atoms with Gasteiger partial charge in [-0.2, -0.15) is 0 Å². The monoisotopic (exact) mass is 298 g/mol. The van der Waals surface area contributed by atoms with Gasteiger partial charge in [-0.05, 0) is 31.0 Å². The third-order valence-corrected chi connectivity index (χ3v) is 3.77. The minimum absolute atomic E-state index is 0.0286. The fourth-order valence-corrected chi connectivity index (χ4v) is 2.33. The molecule has 0 radical (unpaired) electrons. The number of carbonyl (C=O) groups is 1. The second-order valence-corrected chi connectivity index (χ2v) is 5.11. The van der Waals surface area contributed by atoms with Gasteiger partial charge in [0.25, 0.3) is 5.91 Å². The van der Waals surface area contributed by atoms with E-state index in [1.165, 1.54) is 0 Å². The summed E-state index contributed by atoms with van der Waals surface area (Å²) in [7, 11) is 1.63. The van der Waals surface area contributed by atoms with Crippen molar-refractivity contribution in [1.29, 1.82) is 0 Å². The van der Waals surface area contributed by atoms with E-state index in [2.05, 4.69) is 13.8 Å². The molecule has 0 fully saturated rings. The van der Waals surface area contributed by atoms with Crippen molar-refractivity contribution in [1.82, 2.24) is 4.90 Å². The predicted molar refractivity (Wildman–Crippen MR) is 83.1 cm³/mol. The standard InChI is InChI=1S/C15H23ClN2O2/c1-4-12(5-2)18(8-9-20-3)15(19)11-6-7-13(16)14(17)10-11/h6-7,10,12H,4-5,8-9,17H2,1-3H3. The molecule has 1 rings (SSSR count). The summed E-state index contributed by atoms with van der Waals surface area (Å²) < 4.78 is 5.10. The number of benzene rings is 1. The quantitative estimate of drug-likeness (QED) is 0.787. The lowest BCUT2D eigenvalue weighted by atomic mass is 10.1. The number of nitrogen functional groups attached to an aromatic ring is 1. The van der Waals surface area contributed by atoms with Crippen LogP contribution in [0.25, 0.3) is 0 Å². The number of hydrogen-bond acceptors (Lipinski definition) is 3. The minimum atomic E-state index is -0.0286. The number of rotatable bonds is 7. The molecular weight excluding hydrogens is 276 g/mol. The summed E-state index contributed by atoms with van der Waals surface area (Å²) in [6.45, 7) is 5.25. The molecule has 0 aliphatic carbocycles. The molecule has 2 N–H and O–H groups in total. The minimum Gasteiger partial charge on any atom is -0.398 e. The van der Waals surface area contributed by atoms with Crippen LogP contribution in [0.5, 0.6) is 0 Å². The molecule has 0 atom stereocenters. The van der Waals surface area contributed by atoms with Crippen molar-refractivity contribution in [3.05, 3.63) is 28.8 Å². The van der Waals surface area contributed by atoms with Crippen molar-refractivity contribution in [3.63, 3.8) is 0 Å². The molecule has 0 heterocycles. The summed E-state index contributed by atoms with van der Waals surface area (Å²) in [6, 6.07) is 5.20. The molecule has 4 nitrogen and oxygen atoms in total. The molecule has 0 bridgehead atoms. The number of methoxy groups -OCH3 is 1. The van der Waals surface area contributed by atoms with Gasteiger partial charge in [-0.25, -0.2) is 0 Å². The van der Waals surface area contributed by atoms with Gasteiger partial charge in [0, 0.05) is 25.3 Å². The second-order valence-electron chi connectivity index (χ2n) is 4.70. The number of carbonyl (C=O) groups excluding carboxylic acids is 1. The van der Waals surface area contributed by atoms with Gasteiger partial charge in [0.05, 0.1) is 17.3 Å². The zero-order chi connectivity index (χ0) is 15.1. The highest BCUT2D eigenvalue weighted by molar-refractivity contribution is 6.33. The first-order valence-electron chi connectivity index (χ1n) is 6.90. The Labute approximate surface area is 125 Å². The lowest BCUT2D eigenvalue weighted by Crippen LogP contribution is -2.41. The fourth-order valence-electron chi connectivity index (χ4n) is 2.21. The van der Waals surface area contributed by atoms with Crippen LogP contribution < -0.4 is 5.73 Å². The van der Waals surface area contributed by atoms with Crippen LogP contribution in [0.2, 0.25) is 5.02 Å². The van der Waals surface area contributed by atoms with E-state index >= 15 is 0 Å². The molecule has 0 unspecified atom stereocenters. The Morgan fingerprint density at radius 1 is 1.40 bits per heavy atom. The second kappa shape index (κ2) is 8.12. The van der Waals surface area contributed by atoms with Crippen LogP contribution in [0.4, 0.5) is 5.69 Å². The summed E-state index contributed by atoms with van der Waals surface area (Å²) in [5.41, 5.74) is 6.76. The van der Waals surface area contributed by atoms with Crippen LogP contribution in [0, 0.1) is 0 Å². The van der Waals surface area contributed by atoms with Crippen LogP contribution >= 0.6 is 11.6 Å². The molecule has 0 aromatic heterocycles. The number of hydrogen-bond donors (Lipinski definition) is 1. The van der Waals surface area contributed by atoms with E-state index in [1.807, 2.05) is 4.90 Å². The van der Waals surface area contributed by atoms with Crippen LogP contribution in [-0.4, -0.2) is 37.1 Å². The van der Waals surface area contributed by atoms with Crippen molar-refractivity contribution >= 4 is 23.2 Å². The third-order valence-electron chi connectivity index (χ3n) is 3.42. The smallest absolute Gasteiger partial charge is 0.254 e. The van der Waals surface area contributed by atoms with Gasteiger partial charge < -0.3 is 15.4 Å². The van der Waals surface area contributed by atoms with Gasteiger partial charge in [-0.15, -0.1) is 0 Å². The van der Waals surface area contributed by atoms with E-state index in [-0.39, 0.29) is 11.9 Å². The Hall–Kier alpha value is -1.26. The summed E-state index contributed by atoms with van der Waals surface area (Å²) >= 11 is 5.90. The highest BCUT2D eigenvalue weighted by Crippen LogP contribution is 2.21. The van der Waals surface area contributed by atoms with Crippen LogP contribution in [0.3, 0.4) is 0 Å². The number of amides is 1. The predicted octanol–water partition coefficient (Wildman–Crippen LogP) is 3.20. The first kappa shape index (κ1) is 16.8. The average Bonchev–Trinajstić information content (AvgIpc) is 2.45. The van der Waals surface area contributed by atoms with E-state index in [1.54, 1.807) is 25.3 Å². The SMILES string of the molecule is CCC(CC)N(CCOC)C(=O)c1ccc(Cl)c(N)c1. The van der Waals surface area contributed by atoms with Gasteiger partial charge in [0.2, 0.25) is 0 Å².